The Morgan fingerprint density at radius 3 is 2.73 bits per heavy atom. The van der Waals surface area contributed by atoms with Crippen LogP contribution in [0.5, 0.6) is 0 Å². The van der Waals surface area contributed by atoms with Crippen LogP contribution in [-0.2, 0) is 14.9 Å². The second-order valence-electron chi connectivity index (χ2n) is 3.69. The van der Waals surface area contributed by atoms with Gasteiger partial charge >= 0.3 is 5.97 Å². The van der Waals surface area contributed by atoms with Gasteiger partial charge in [-0.3, -0.25) is 0 Å². The SMILES string of the molecule is COC(=O)C(O)C1(c2ccc(Br)o2)CC1. The van der Waals surface area contributed by atoms with Crippen molar-refractivity contribution in [1.82, 2.24) is 0 Å². The number of ether oxygens (including phenoxy) is 1. The van der Waals surface area contributed by atoms with E-state index in [1.807, 2.05) is 0 Å². The second-order valence-corrected chi connectivity index (χ2v) is 4.47. The van der Waals surface area contributed by atoms with Crippen LogP contribution in [0.15, 0.2) is 21.2 Å². The third-order valence-corrected chi connectivity index (χ3v) is 3.23. The summed E-state index contributed by atoms with van der Waals surface area (Å²) in [7, 11) is 1.26. The van der Waals surface area contributed by atoms with Gasteiger partial charge < -0.3 is 14.3 Å². The number of carbonyl (C=O) groups is 1. The van der Waals surface area contributed by atoms with Gasteiger partial charge in [-0.15, -0.1) is 0 Å². The van der Waals surface area contributed by atoms with Crippen molar-refractivity contribution in [3.8, 4) is 0 Å². The number of aliphatic hydroxyl groups excluding tert-OH is 1. The molecule has 0 aliphatic heterocycles. The summed E-state index contributed by atoms with van der Waals surface area (Å²) in [5.74, 6) is 0.0206. The maximum absolute atomic E-state index is 11.3. The Bertz CT molecular complexity index is 381. The lowest BCUT2D eigenvalue weighted by molar-refractivity contribution is -0.152. The molecule has 0 aromatic carbocycles. The lowest BCUT2D eigenvalue weighted by Gasteiger charge is -2.17. The summed E-state index contributed by atoms with van der Waals surface area (Å²) >= 11 is 3.19. The van der Waals surface area contributed by atoms with Gasteiger partial charge in [0.2, 0.25) is 0 Å². The number of rotatable bonds is 3. The molecule has 0 radical (unpaired) electrons. The molecule has 1 heterocycles. The highest BCUT2D eigenvalue weighted by Crippen LogP contribution is 2.52. The van der Waals surface area contributed by atoms with Crippen LogP contribution in [0.3, 0.4) is 0 Å². The van der Waals surface area contributed by atoms with Crippen molar-refractivity contribution in [2.24, 2.45) is 0 Å². The zero-order chi connectivity index (χ0) is 11.1. The van der Waals surface area contributed by atoms with E-state index < -0.39 is 17.5 Å². The van der Waals surface area contributed by atoms with Crippen molar-refractivity contribution in [1.29, 1.82) is 0 Å². The van der Waals surface area contributed by atoms with Crippen LogP contribution in [0.2, 0.25) is 0 Å². The molecule has 2 rings (SSSR count). The summed E-state index contributed by atoms with van der Waals surface area (Å²) < 4.78 is 10.5. The van der Waals surface area contributed by atoms with E-state index in [1.54, 1.807) is 12.1 Å². The molecule has 1 aromatic rings. The van der Waals surface area contributed by atoms with Gasteiger partial charge in [0.1, 0.15) is 5.76 Å². The first kappa shape index (κ1) is 10.7. The van der Waals surface area contributed by atoms with E-state index in [4.69, 9.17) is 4.42 Å². The van der Waals surface area contributed by atoms with Gasteiger partial charge in [-0.1, -0.05) is 0 Å². The molecule has 5 heteroatoms. The van der Waals surface area contributed by atoms with Gasteiger partial charge in [0.05, 0.1) is 12.5 Å². The van der Waals surface area contributed by atoms with E-state index in [1.165, 1.54) is 7.11 Å². The van der Waals surface area contributed by atoms with Crippen LogP contribution in [0, 0.1) is 0 Å². The third kappa shape index (κ3) is 1.70. The lowest BCUT2D eigenvalue weighted by Crippen LogP contribution is -2.34. The van der Waals surface area contributed by atoms with E-state index in [0.29, 0.717) is 10.4 Å². The first-order valence-electron chi connectivity index (χ1n) is 4.62. The number of halogens is 1. The number of esters is 1. The monoisotopic (exact) mass is 274 g/mol. The van der Waals surface area contributed by atoms with Gasteiger partial charge in [0, 0.05) is 0 Å². The molecule has 1 N–H and O–H groups in total. The van der Waals surface area contributed by atoms with Crippen molar-refractivity contribution in [2.75, 3.05) is 7.11 Å². The average molecular weight is 275 g/mol. The molecule has 1 saturated carbocycles. The molecule has 1 unspecified atom stereocenters. The maximum Gasteiger partial charge on any atom is 0.335 e. The van der Waals surface area contributed by atoms with E-state index in [2.05, 4.69) is 20.7 Å². The van der Waals surface area contributed by atoms with E-state index >= 15 is 0 Å². The van der Waals surface area contributed by atoms with Crippen molar-refractivity contribution in [3.05, 3.63) is 22.6 Å². The molecule has 1 fully saturated rings. The van der Waals surface area contributed by atoms with Crippen LogP contribution >= 0.6 is 15.9 Å². The average Bonchev–Trinajstić information content (AvgIpc) is 2.94. The Morgan fingerprint density at radius 2 is 2.33 bits per heavy atom. The third-order valence-electron chi connectivity index (χ3n) is 2.80. The lowest BCUT2D eigenvalue weighted by atomic mass is 9.96. The summed E-state index contributed by atoms with van der Waals surface area (Å²) in [6.07, 6.45) is 0.340. The fourth-order valence-corrected chi connectivity index (χ4v) is 2.01. The minimum atomic E-state index is -1.14. The molecule has 0 spiro atoms. The molecule has 15 heavy (non-hydrogen) atoms. The van der Waals surface area contributed by atoms with E-state index in [-0.39, 0.29) is 0 Å². The normalized spacial score (nSPS) is 19.7. The van der Waals surface area contributed by atoms with Crippen molar-refractivity contribution >= 4 is 21.9 Å². The molecule has 1 aliphatic carbocycles. The van der Waals surface area contributed by atoms with Gasteiger partial charge in [0.15, 0.2) is 10.8 Å². The molecule has 0 bridgehead atoms. The number of aliphatic hydroxyl groups is 1. The molecular weight excluding hydrogens is 264 g/mol. The van der Waals surface area contributed by atoms with Crippen LogP contribution in [0.1, 0.15) is 18.6 Å². The van der Waals surface area contributed by atoms with Crippen LogP contribution in [0.25, 0.3) is 0 Å². The molecule has 1 aromatic heterocycles. The Labute approximate surface area is 95.3 Å². The first-order valence-corrected chi connectivity index (χ1v) is 5.41. The van der Waals surface area contributed by atoms with E-state index in [9.17, 15) is 9.90 Å². The zero-order valence-corrected chi connectivity index (χ0v) is 9.78. The highest BCUT2D eigenvalue weighted by molar-refractivity contribution is 9.10. The minimum Gasteiger partial charge on any atom is -0.467 e. The van der Waals surface area contributed by atoms with Crippen LogP contribution < -0.4 is 0 Å². The molecule has 82 valence electrons. The fraction of sp³-hybridized carbons (Fsp3) is 0.500. The summed E-state index contributed by atoms with van der Waals surface area (Å²) in [4.78, 5) is 11.3. The predicted molar refractivity (Wildman–Crippen MR) is 55.3 cm³/mol. The smallest absolute Gasteiger partial charge is 0.335 e. The summed E-state index contributed by atoms with van der Waals surface area (Å²) in [6.45, 7) is 0. The highest BCUT2D eigenvalue weighted by Gasteiger charge is 2.56. The van der Waals surface area contributed by atoms with Crippen molar-refractivity contribution in [2.45, 2.75) is 24.4 Å². The Morgan fingerprint density at radius 1 is 1.67 bits per heavy atom. The van der Waals surface area contributed by atoms with Gasteiger partial charge in [-0.05, 0) is 40.9 Å². The number of hydrogen-bond donors (Lipinski definition) is 1. The Kier molecular flexibility index (Phi) is 2.60. The summed E-state index contributed by atoms with van der Waals surface area (Å²) in [6, 6.07) is 3.52. The van der Waals surface area contributed by atoms with Crippen molar-refractivity contribution in [3.63, 3.8) is 0 Å². The molecule has 0 saturated heterocycles. The molecule has 1 aliphatic rings. The quantitative estimate of drug-likeness (QED) is 0.851. The molecule has 1 atom stereocenters. The summed E-state index contributed by atoms with van der Waals surface area (Å²) in [5, 5.41) is 9.82. The summed E-state index contributed by atoms with van der Waals surface area (Å²) in [5.41, 5.74) is -0.570. The van der Waals surface area contributed by atoms with E-state index in [0.717, 1.165) is 12.8 Å². The zero-order valence-electron chi connectivity index (χ0n) is 8.20. The standard InChI is InChI=1S/C10H11BrO4/c1-14-9(13)8(12)10(4-5-10)6-2-3-7(11)15-6/h2-3,8,12H,4-5H2,1H3. The first-order chi connectivity index (χ1) is 7.10. The fourth-order valence-electron chi connectivity index (χ4n) is 1.71. The minimum absolute atomic E-state index is 0.570. The maximum atomic E-state index is 11.3. The van der Waals surface area contributed by atoms with Crippen LogP contribution in [0.4, 0.5) is 0 Å². The topological polar surface area (TPSA) is 59.7 Å². The molecule has 4 nitrogen and oxygen atoms in total. The van der Waals surface area contributed by atoms with Gasteiger partial charge in [-0.2, -0.15) is 0 Å². The molecule has 0 amide bonds. The van der Waals surface area contributed by atoms with Gasteiger partial charge in [0.25, 0.3) is 0 Å². The molecular formula is C10H11BrO4. The second kappa shape index (κ2) is 3.64. The largest absolute Gasteiger partial charge is 0.467 e. The van der Waals surface area contributed by atoms with Crippen molar-refractivity contribution < 1.29 is 19.1 Å². The predicted octanol–water partition coefficient (Wildman–Crippen LogP) is 1.61. The number of furan rings is 1. The Balaban J connectivity index is 2.24. The Hall–Kier alpha value is -0.810. The number of hydrogen-bond acceptors (Lipinski definition) is 4. The number of carbonyl (C=O) groups excluding carboxylic acids is 1. The highest BCUT2D eigenvalue weighted by atomic mass is 79.9. The van der Waals surface area contributed by atoms with Gasteiger partial charge in [-0.25, -0.2) is 4.79 Å². The van der Waals surface area contributed by atoms with Crippen LogP contribution in [-0.4, -0.2) is 24.3 Å². The number of methoxy groups -OCH3 is 1.